The predicted molar refractivity (Wildman–Crippen MR) is 48.6 cm³/mol. The molecule has 0 fully saturated rings. The molecular formula is C9H23N. The van der Waals surface area contributed by atoms with Crippen LogP contribution < -0.4 is 6.15 Å². The molecule has 0 spiro atoms. The maximum absolute atomic E-state index is 2.34. The summed E-state index contributed by atoms with van der Waals surface area (Å²) in [6.45, 7) is 6.88. The van der Waals surface area contributed by atoms with Crippen LogP contribution >= 0.6 is 0 Å². The maximum Gasteiger partial charge on any atom is -0.0445 e. The minimum absolute atomic E-state index is 0. The van der Waals surface area contributed by atoms with E-state index in [1.807, 2.05) is 0 Å². The van der Waals surface area contributed by atoms with Crippen LogP contribution in [0, 0.1) is 5.92 Å². The zero-order valence-corrected chi connectivity index (χ0v) is 7.82. The van der Waals surface area contributed by atoms with E-state index in [-0.39, 0.29) is 6.15 Å². The molecule has 0 bridgehead atoms. The van der Waals surface area contributed by atoms with E-state index in [1.165, 1.54) is 32.1 Å². The molecule has 1 heteroatoms. The van der Waals surface area contributed by atoms with Crippen molar-refractivity contribution in [2.45, 2.75) is 52.9 Å². The summed E-state index contributed by atoms with van der Waals surface area (Å²) in [5.41, 5.74) is 0. The van der Waals surface area contributed by atoms with E-state index in [4.69, 9.17) is 0 Å². The van der Waals surface area contributed by atoms with Gasteiger partial charge in [0, 0.05) is 0 Å². The Balaban J connectivity index is 0. The third-order valence-corrected chi connectivity index (χ3v) is 2.00. The Morgan fingerprint density at radius 2 is 1.70 bits per heavy atom. The topological polar surface area (TPSA) is 35.0 Å². The molecule has 1 nitrogen and oxygen atoms in total. The van der Waals surface area contributed by atoms with Crippen molar-refractivity contribution in [2.24, 2.45) is 5.92 Å². The van der Waals surface area contributed by atoms with Crippen molar-refractivity contribution in [3.63, 3.8) is 0 Å². The highest BCUT2D eigenvalue weighted by molar-refractivity contribution is 4.49. The third kappa shape index (κ3) is 7.96. The summed E-state index contributed by atoms with van der Waals surface area (Å²) in [6, 6.07) is 0. The van der Waals surface area contributed by atoms with Crippen LogP contribution in [-0.4, -0.2) is 0 Å². The Morgan fingerprint density at radius 3 is 2.10 bits per heavy atom. The molecule has 0 aliphatic heterocycles. The van der Waals surface area contributed by atoms with Gasteiger partial charge in [0.25, 0.3) is 0 Å². The van der Waals surface area contributed by atoms with Crippen LogP contribution in [0.25, 0.3) is 0 Å². The van der Waals surface area contributed by atoms with E-state index >= 15 is 0 Å². The average Bonchev–Trinajstić information content (AvgIpc) is 1.89. The Labute approximate surface area is 65.8 Å². The highest BCUT2D eigenvalue weighted by Crippen LogP contribution is 2.11. The van der Waals surface area contributed by atoms with E-state index in [1.54, 1.807) is 0 Å². The van der Waals surface area contributed by atoms with Crippen LogP contribution in [0.2, 0.25) is 0 Å². The summed E-state index contributed by atoms with van der Waals surface area (Å²) in [4.78, 5) is 0. The van der Waals surface area contributed by atoms with Gasteiger partial charge in [-0.2, -0.15) is 0 Å². The molecule has 0 aromatic heterocycles. The fourth-order valence-corrected chi connectivity index (χ4v) is 0.947. The fourth-order valence-electron chi connectivity index (χ4n) is 0.947. The lowest BCUT2D eigenvalue weighted by molar-refractivity contribution is 0.482. The van der Waals surface area contributed by atoms with Gasteiger partial charge in [0.15, 0.2) is 0 Å². The van der Waals surface area contributed by atoms with Crippen LogP contribution in [0.15, 0.2) is 0 Å². The third-order valence-electron chi connectivity index (χ3n) is 2.00. The van der Waals surface area contributed by atoms with Gasteiger partial charge >= 0.3 is 0 Å². The lowest BCUT2D eigenvalue weighted by Crippen LogP contribution is -1.90. The van der Waals surface area contributed by atoms with Crippen molar-refractivity contribution in [3.05, 3.63) is 0 Å². The van der Waals surface area contributed by atoms with Crippen molar-refractivity contribution in [2.75, 3.05) is 0 Å². The molecule has 1 atom stereocenters. The summed E-state index contributed by atoms with van der Waals surface area (Å²) in [5.74, 6) is 0.955. The van der Waals surface area contributed by atoms with Crippen LogP contribution in [-0.2, 0) is 0 Å². The minimum Gasteiger partial charge on any atom is -0.344 e. The van der Waals surface area contributed by atoms with Crippen molar-refractivity contribution < 1.29 is 0 Å². The maximum atomic E-state index is 2.34. The second-order valence-electron chi connectivity index (χ2n) is 3.01. The summed E-state index contributed by atoms with van der Waals surface area (Å²) in [5, 5.41) is 0. The number of unbranched alkanes of at least 4 members (excludes halogenated alkanes) is 2. The first-order valence-corrected chi connectivity index (χ1v) is 4.31. The normalized spacial score (nSPS) is 12.3. The summed E-state index contributed by atoms with van der Waals surface area (Å²) < 4.78 is 0. The van der Waals surface area contributed by atoms with E-state index in [0.717, 1.165) is 5.92 Å². The van der Waals surface area contributed by atoms with Gasteiger partial charge in [-0.25, -0.2) is 0 Å². The molecule has 64 valence electrons. The minimum atomic E-state index is 0. The smallest absolute Gasteiger partial charge is 0.0445 e. The number of hydrogen-bond acceptors (Lipinski definition) is 1. The Kier molecular flexibility index (Phi) is 11.3. The predicted octanol–water partition coefficient (Wildman–Crippen LogP) is 3.77. The van der Waals surface area contributed by atoms with Crippen molar-refractivity contribution in [1.29, 1.82) is 0 Å². The summed E-state index contributed by atoms with van der Waals surface area (Å²) >= 11 is 0. The summed E-state index contributed by atoms with van der Waals surface area (Å²) in [6.07, 6.45) is 7.00. The molecule has 0 heterocycles. The molecule has 0 radical (unpaired) electrons. The van der Waals surface area contributed by atoms with Crippen LogP contribution in [0.1, 0.15) is 52.9 Å². The zero-order valence-electron chi connectivity index (χ0n) is 7.82. The number of rotatable bonds is 5. The van der Waals surface area contributed by atoms with Gasteiger partial charge in [0.2, 0.25) is 0 Å². The van der Waals surface area contributed by atoms with Gasteiger partial charge in [-0.15, -0.1) is 0 Å². The Bertz CT molecular complexity index is 52.7. The molecule has 0 aromatic rings. The lowest BCUT2D eigenvalue weighted by atomic mass is 10.0. The lowest BCUT2D eigenvalue weighted by Gasteiger charge is -2.05. The SMILES string of the molecule is CCCCCC(C)CC.N. The van der Waals surface area contributed by atoms with Gasteiger partial charge in [-0.05, 0) is 5.92 Å². The molecule has 10 heavy (non-hydrogen) atoms. The Morgan fingerprint density at radius 1 is 1.10 bits per heavy atom. The second kappa shape index (κ2) is 8.96. The van der Waals surface area contributed by atoms with Gasteiger partial charge in [0.1, 0.15) is 0 Å². The molecule has 0 amide bonds. The van der Waals surface area contributed by atoms with Gasteiger partial charge in [-0.1, -0.05) is 52.9 Å². The van der Waals surface area contributed by atoms with Crippen molar-refractivity contribution >= 4 is 0 Å². The van der Waals surface area contributed by atoms with Crippen molar-refractivity contribution in [1.82, 2.24) is 6.15 Å². The molecule has 0 saturated carbocycles. The van der Waals surface area contributed by atoms with Crippen LogP contribution in [0.3, 0.4) is 0 Å². The molecule has 0 rings (SSSR count). The largest absolute Gasteiger partial charge is 0.344 e. The average molecular weight is 145 g/mol. The molecule has 3 N–H and O–H groups in total. The quantitative estimate of drug-likeness (QED) is 0.587. The summed E-state index contributed by atoms with van der Waals surface area (Å²) in [7, 11) is 0. The standard InChI is InChI=1S/C9H20.H3N/c1-4-6-7-8-9(3)5-2;/h9H,4-8H2,1-3H3;1H3. The van der Waals surface area contributed by atoms with E-state index in [0.29, 0.717) is 0 Å². The van der Waals surface area contributed by atoms with E-state index in [2.05, 4.69) is 20.8 Å². The molecule has 0 saturated heterocycles. The van der Waals surface area contributed by atoms with Crippen molar-refractivity contribution in [3.8, 4) is 0 Å². The Hall–Kier alpha value is -0.0400. The van der Waals surface area contributed by atoms with Gasteiger partial charge < -0.3 is 6.15 Å². The second-order valence-corrected chi connectivity index (χ2v) is 3.01. The molecule has 0 aliphatic rings. The van der Waals surface area contributed by atoms with Gasteiger partial charge in [0.05, 0.1) is 0 Å². The van der Waals surface area contributed by atoms with E-state index in [9.17, 15) is 0 Å². The molecule has 0 aromatic carbocycles. The zero-order chi connectivity index (χ0) is 7.11. The molecule has 0 aliphatic carbocycles. The fraction of sp³-hybridized carbons (Fsp3) is 1.00. The van der Waals surface area contributed by atoms with E-state index < -0.39 is 0 Å². The molecular weight excluding hydrogens is 122 g/mol. The first kappa shape index (κ1) is 12.6. The number of hydrogen-bond donors (Lipinski definition) is 1. The first-order chi connectivity index (χ1) is 4.31. The molecule has 1 unspecified atom stereocenters. The highest BCUT2D eigenvalue weighted by Gasteiger charge is 1.95. The first-order valence-electron chi connectivity index (χ1n) is 4.31. The highest BCUT2D eigenvalue weighted by atomic mass is 14.0. The van der Waals surface area contributed by atoms with Crippen LogP contribution in [0.5, 0.6) is 0 Å². The monoisotopic (exact) mass is 145 g/mol. The van der Waals surface area contributed by atoms with Gasteiger partial charge in [-0.3, -0.25) is 0 Å². The van der Waals surface area contributed by atoms with Crippen LogP contribution in [0.4, 0.5) is 0 Å².